The van der Waals surface area contributed by atoms with Gasteiger partial charge in [0.1, 0.15) is 6.04 Å². The van der Waals surface area contributed by atoms with Crippen LogP contribution in [0.4, 0.5) is 0 Å². The standard InChI is InChI=1S/C29H35N3O3/c1-20-9-5-7-13-24(20)27(33)30-23-15-17-31(18-16-23)29(35)26-19-22-12-6-8-14-25(22)32(26)28(34)21-10-3-2-4-11-21/h2-5,7,9-11,13,22-23,25-26H,6,8,12,14-19H2,1H3,(H,30,33). The number of nitrogens with zero attached hydrogens (tertiary/aromatic N) is 2. The fourth-order valence-electron chi connectivity index (χ4n) is 6.25. The van der Waals surface area contributed by atoms with E-state index in [1.54, 1.807) is 0 Å². The number of likely N-dealkylation sites (tertiary alicyclic amines) is 2. The van der Waals surface area contributed by atoms with Crippen LogP contribution >= 0.6 is 0 Å². The molecule has 184 valence electrons. The van der Waals surface area contributed by atoms with E-state index in [-0.39, 0.29) is 35.8 Å². The highest BCUT2D eigenvalue weighted by atomic mass is 16.2. The fraction of sp³-hybridized carbons (Fsp3) is 0.483. The van der Waals surface area contributed by atoms with Crippen molar-refractivity contribution in [3.8, 4) is 0 Å². The van der Waals surface area contributed by atoms with E-state index in [2.05, 4.69) is 5.32 Å². The summed E-state index contributed by atoms with van der Waals surface area (Å²) in [7, 11) is 0. The predicted octanol–water partition coefficient (Wildman–Crippen LogP) is 4.19. The Balaban J connectivity index is 1.25. The van der Waals surface area contributed by atoms with Gasteiger partial charge in [0, 0.05) is 36.3 Å². The van der Waals surface area contributed by atoms with Gasteiger partial charge in [-0.05, 0) is 68.7 Å². The smallest absolute Gasteiger partial charge is 0.254 e. The van der Waals surface area contributed by atoms with Crippen LogP contribution in [0.3, 0.4) is 0 Å². The van der Waals surface area contributed by atoms with E-state index in [0.717, 1.165) is 44.1 Å². The van der Waals surface area contributed by atoms with E-state index in [1.807, 2.05) is 71.3 Å². The summed E-state index contributed by atoms with van der Waals surface area (Å²) in [5.74, 6) is 0.426. The number of nitrogens with one attached hydrogen (secondary N) is 1. The van der Waals surface area contributed by atoms with Gasteiger partial charge in [-0.15, -0.1) is 0 Å². The van der Waals surface area contributed by atoms with Gasteiger partial charge < -0.3 is 15.1 Å². The molecule has 3 atom stereocenters. The summed E-state index contributed by atoms with van der Waals surface area (Å²) in [6, 6.07) is 16.8. The molecule has 0 aromatic heterocycles. The lowest BCUT2D eigenvalue weighted by molar-refractivity contribution is -0.136. The molecule has 2 aliphatic heterocycles. The minimum atomic E-state index is -0.381. The van der Waals surface area contributed by atoms with Gasteiger partial charge in [-0.3, -0.25) is 14.4 Å². The van der Waals surface area contributed by atoms with Crippen LogP contribution in [0.5, 0.6) is 0 Å². The second kappa shape index (κ2) is 10.2. The van der Waals surface area contributed by atoms with E-state index >= 15 is 0 Å². The van der Waals surface area contributed by atoms with Gasteiger partial charge in [0.25, 0.3) is 11.8 Å². The lowest BCUT2D eigenvalue weighted by Gasteiger charge is -2.37. The van der Waals surface area contributed by atoms with Gasteiger partial charge in [-0.1, -0.05) is 49.2 Å². The van der Waals surface area contributed by atoms with Crippen LogP contribution in [0.2, 0.25) is 0 Å². The first-order chi connectivity index (χ1) is 17.0. The Morgan fingerprint density at radius 1 is 0.857 bits per heavy atom. The number of fused-ring (bicyclic) bond motifs is 1. The number of carbonyl (C=O) groups excluding carboxylic acids is 3. The maximum absolute atomic E-state index is 13.7. The monoisotopic (exact) mass is 473 g/mol. The second-order valence-corrected chi connectivity index (χ2v) is 10.3. The van der Waals surface area contributed by atoms with Crippen molar-refractivity contribution in [2.24, 2.45) is 5.92 Å². The molecule has 3 fully saturated rings. The molecule has 6 nitrogen and oxygen atoms in total. The third-order valence-corrected chi connectivity index (χ3v) is 8.16. The topological polar surface area (TPSA) is 69.7 Å². The molecule has 3 unspecified atom stereocenters. The van der Waals surface area contributed by atoms with Crippen molar-refractivity contribution < 1.29 is 14.4 Å². The minimum Gasteiger partial charge on any atom is -0.349 e. The molecule has 2 aromatic carbocycles. The first kappa shape index (κ1) is 23.6. The van der Waals surface area contributed by atoms with Gasteiger partial charge in [0.05, 0.1) is 0 Å². The Kier molecular flexibility index (Phi) is 6.89. The predicted molar refractivity (Wildman–Crippen MR) is 135 cm³/mol. The van der Waals surface area contributed by atoms with Crippen molar-refractivity contribution in [1.82, 2.24) is 15.1 Å². The molecule has 0 radical (unpaired) electrons. The second-order valence-electron chi connectivity index (χ2n) is 10.3. The molecule has 2 saturated heterocycles. The lowest BCUT2D eigenvalue weighted by atomic mass is 9.84. The number of aryl methyl sites for hydroxylation is 1. The Hall–Kier alpha value is -3.15. The van der Waals surface area contributed by atoms with Crippen molar-refractivity contribution in [1.29, 1.82) is 0 Å². The largest absolute Gasteiger partial charge is 0.349 e. The third kappa shape index (κ3) is 4.84. The summed E-state index contributed by atoms with van der Waals surface area (Å²) >= 11 is 0. The highest BCUT2D eigenvalue weighted by Crippen LogP contribution is 2.41. The van der Waals surface area contributed by atoms with Gasteiger partial charge in [0.2, 0.25) is 5.91 Å². The molecular weight excluding hydrogens is 438 g/mol. The van der Waals surface area contributed by atoms with Crippen LogP contribution in [0.15, 0.2) is 54.6 Å². The molecule has 1 aliphatic carbocycles. The number of rotatable bonds is 4. The van der Waals surface area contributed by atoms with Crippen molar-refractivity contribution in [2.45, 2.75) is 70.0 Å². The van der Waals surface area contributed by atoms with Crippen LogP contribution in [-0.2, 0) is 4.79 Å². The number of piperidine rings is 1. The molecular formula is C29H35N3O3. The zero-order valence-electron chi connectivity index (χ0n) is 20.5. The molecule has 1 N–H and O–H groups in total. The fourth-order valence-corrected chi connectivity index (χ4v) is 6.25. The van der Waals surface area contributed by atoms with Gasteiger partial charge >= 0.3 is 0 Å². The van der Waals surface area contributed by atoms with Crippen LogP contribution in [-0.4, -0.2) is 58.7 Å². The highest BCUT2D eigenvalue weighted by Gasteiger charge is 2.48. The summed E-state index contributed by atoms with van der Waals surface area (Å²) in [4.78, 5) is 43.8. The highest BCUT2D eigenvalue weighted by molar-refractivity contribution is 5.98. The average Bonchev–Trinajstić information content (AvgIpc) is 3.28. The molecule has 2 heterocycles. The zero-order valence-corrected chi connectivity index (χ0v) is 20.5. The number of hydrogen-bond acceptors (Lipinski definition) is 3. The van der Waals surface area contributed by atoms with Crippen molar-refractivity contribution in [2.75, 3.05) is 13.1 Å². The first-order valence-corrected chi connectivity index (χ1v) is 13.1. The van der Waals surface area contributed by atoms with Crippen molar-refractivity contribution in [3.63, 3.8) is 0 Å². The third-order valence-electron chi connectivity index (χ3n) is 8.16. The number of amides is 3. The Morgan fingerprint density at radius 2 is 1.54 bits per heavy atom. The molecule has 3 amide bonds. The molecule has 0 spiro atoms. The summed E-state index contributed by atoms with van der Waals surface area (Å²) in [5.41, 5.74) is 2.33. The summed E-state index contributed by atoms with van der Waals surface area (Å²) in [5, 5.41) is 3.15. The van der Waals surface area contributed by atoms with Crippen LogP contribution in [0.1, 0.15) is 71.2 Å². The number of hydrogen-bond donors (Lipinski definition) is 1. The van der Waals surface area contributed by atoms with E-state index in [0.29, 0.717) is 30.1 Å². The normalized spacial score (nSPS) is 24.7. The average molecular weight is 474 g/mol. The SMILES string of the molecule is Cc1ccccc1C(=O)NC1CCN(C(=O)C2CC3CCCCC3N2C(=O)c2ccccc2)CC1. The minimum absolute atomic E-state index is 0.0151. The maximum atomic E-state index is 13.7. The molecule has 3 aliphatic rings. The summed E-state index contributed by atoms with van der Waals surface area (Å²) in [6.45, 7) is 3.16. The summed E-state index contributed by atoms with van der Waals surface area (Å²) in [6.07, 6.45) is 6.62. The van der Waals surface area contributed by atoms with E-state index < -0.39 is 0 Å². The number of carbonyl (C=O) groups is 3. The Labute approximate surface area is 207 Å². The van der Waals surface area contributed by atoms with Crippen molar-refractivity contribution >= 4 is 17.7 Å². The summed E-state index contributed by atoms with van der Waals surface area (Å²) < 4.78 is 0. The lowest BCUT2D eigenvalue weighted by Crippen LogP contribution is -2.54. The van der Waals surface area contributed by atoms with E-state index in [9.17, 15) is 14.4 Å². The molecule has 0 bridgehead atoms. The Bertz CT molecular complexity index is 1080. The van der Waals surface area contributed by atoms with E-state index in [1.165, 1.54) is 6.42 Å². The molecule has 1 saturated carbocycles. The van der Waals surface area contributed by atoms with Gasteiger partial charge in [-0.2, -0.15) is 0 Å². The van der Waals surface area contributed by atoms with Crippen LogP contribution in [0.25, 0.3) is 0 Å². The molecule has 5 rings (SSSR count). The molecule has 2 aromatic rings. The molecule has 35 heavy (non-hydrogen) atoms. The van der Waals surface area contributed by atoms with E-state index in [4.69, 9.17) is 0 Å². The molecule has 6 heteroatoms. The first-order valence-electron chi connectivity index (χ1n) is 13.1. The maximum Gasteiger partial charge on any atom is 0.254 e. The van der Waals surface area contributed by atoms with Crippen molar-refractivity contribution in [3.05, 3.63) is 71.3 Å². The Morgan fingerprint density at radius 3 is 2.29 bits per heavy atom. The zero-order chi connectivity index (χ0) is 24.4. The van der Waals surface area contributed by atoms with Gasteiger partial charge in [0.15, 0.2) is 0 Å². The van der Waals surface area contributed by atoms with Gasteiger partial charge in [-0.25, -0.2) is 0 Å². The van der Waals surface area contributed by atoms with Crippen LogP contribution in [0, 0.1) is 12.8 Å². The quantitative estimate of drug-likeness (QED) is 0.724. The number of benzene rings is 2. The van der Waals surface area contributed by atoms with Crippen LogP contribution < -0.4 is 5.32 Å².